The first kappa shape index (κ1) is 54.8. The minimum absolute atomic E-state index is 0.0724. The van der Waals surface area contributed by atoms with Crippen molar-refractivity contribution in [3.63, 3.8) is 0 Å². The van der Waals surface area contributed by atoms with E-state index in [1.807, 2.05) is 52.8 Å². The number of imidazole rings is 1. The maximum Gasteiger partial charge on any atom is 0.403 e. The molecule has 0 aliphatic carbocycles. The third-order valence-electron chi connectivity index (χ3n) is 13.6. The van der Waals surface area contributed by atoms with Crippen LogP contribution in [-0.2, 0) is 49.7 Å². The number of ether oxygens (including phenoxy) is 1. The van der Waals surface area contributed by atoms with Gasteiger partial charge in [0.25, 0.3) is 10.1 Å². The summed E-state index contributed by atoms with van der Waals surface area (Å²) in [5, 5.41) is 26.7. The summed E-state index contributed by atoms with van der Waals surface area (Å²) in [7, 11) is -13.4. The van der Waals surface area contributed by atoms with Crippen molar-refractivity contribution in [2.45, 2.75) is 131 Å². The Morgan fingerprint density at radius 1 is 0.944 bits per heavy atom. The maximum atomic E-state index is 12.7. The predicted octanol–water partition coefficient (Wildman–Crippen LogP) is 4.46. The van der Waals surface area contributed by atoms with Crippen molar-refractivity contribution < 1.29 is 64.2 Å². The third kappa shape index (κ3) is 11.8. The number of likely N-dealkylation sites (N-methyl/N-ethyl adjacent to an activating group) is 1. The van der Waals surface area contributed by atoms with Gasteiger partial charge in [-0.1, -0.05) is 32.8 Å². The van der Waals surface area contributed by atoms with Crippen LogP contribution in [0.4, 0.5) is 17.2 Å². The number of fused-ring (bicyclic) bond motifs is 3. The molecule has 1 amide bonds. The van der Waals surface area contributed by atoms with Crippen LogP contribution in [0.25, 0.3) is 11.2 Å². The number of carbonyl (C=O) groups is 1. The number of hydrogen-bond acceptors (Lipinski definition) is 16. The second kappa shape index (κ2) is 21.9. The topological polar surface area (TPSA) is 325 Å². The SMILES string of the molecule is CCN1C(=CC=CC2=[N+](CCCCCC(=O)NCCCCCCNP(=O)(O)OC[C@H]3O[C@@H](n4cnc5c(N)ncnc54)[C@H](O)[C@@H]3O)c3ccc(S(=O)(=O)[O-])cc3C2(C)C)C(C)(C)c2cc(S(=O)(=O)O)ccc21. The van der Waals surface area contributed by atoms with Crippen molar-refractivity contribution in [2.24, 2.45) is 0 Å². The lowest BCUT2D eigenvalue weighted by atomic mass is 9.81. The molecule has 25 heteroatoms. The highest BCUT2D eigenvalue weighted by atomic mass is 32.2. The van der Waals surface area contributed by atoms with Gasteiger partial charge in [-0.2, -0.15) is 13.0 Å². The largest absolute Gasteiger partial charge is 0.744 e. The molecule has 22 nitrogen and oxygen atoms in total. The summed E-state index contributed by atoms with van der Waals surface area (Å²) in [6.45, 7) is 11.2. The molecule has 2 aromatic carbocycles. The molecule has 8 N–H and O–H groups in total. The van der Waals surface area contributed by atoms with Crippen molar-refractivity contribution in [3.8, 4) is 0 Å². The van der Waals surface area contributed by atoms with E-state index in [1.165, 1.54) is 41.5 Å². The standard InChI is InChI=1S/C47H64N9O13PS2/c1-6-54-34-20-18-30(71(62,63)64)25-32(34)46(2,3)37(54)15-14-16-38-47(4,5)33-26-31(72(65,66)67)19-21-35(33)55(38)24-13-9-10-17-39(57)49-22-11-7-8-12-23-53-70(60,61)68-27-36-41(58)42(59)45(69-36)56-29-52-40-43(48)50-28-51-44(40)56/h14-16,18-21,25-26,28-29,36,41-42,45,58-59H,6-13,17,22-24,27H2,1-5H3,(H6-,48,49,50,51,53,57,60,61,62,63,64,65,66,67)/t36-,41-,42-,45-/m1/s1. The molecule has 7 rings (SSSR count). The molecule has 1 fully saturated rings. The van der Waals surface area contributed by atoms with Crippen LogP contribution in [0.3, 0.4) is 0 Å². The first-order valence-electron chi connectivity index (χ1n) is 23.8. The Kier molecular flexibility index (Phi) is 16.6. The number of hydrogen-bond donors (Lipinski definition) is 7. The van der Waals surface area contributed by atoms with Crippen molar-refractivity contribution in [1.82, 2.24) is 29.9 Å². The number of unbranched alkanes of at least 4 members (excludes halogenated alkanes) is 5. The summed E-state index contributed by atoms with van der Waals surface area (Å²) >= 11 is 0. The molecule has 0 spiro atoms. The van der Waals surface area contributed by atoms with Gasteiger partial charge in [-0.3, -0.25) is 18.4 Å². The first-order chi connectivity index (χ1) is 33.9. The normalized spacial score (nSPS) is 22.0. The van der Waals surface area contributed by atoms with Crippen molar-refractivity contribution in [3.05, 3.63) is 84.1 Å². The molecular weight excluding hydrogens is 994 g/mol. The fraction of sp³-hybridized carbons (Fsp3) is 0.511. The number of nitrogen functional groups attached to an aromatic ring is 1. The lowest BCUT2D eigenvalue weighted by Gasteiger charge is -2.25. The second-order valence-electron chi connectivity index (χ2n) is 19.2. The molecule has 392 valence electrons. The highest BCUT2D eigenvalue weighted by molar-refractivity contribution is 7.86. The number of nitrogens with one attached hydrogen (secondary N) is 2. The van der Waals surface area contributed by atoms with E-state index >= 15 is 0 Å². The predicted molar refractivity (Wildman–Crippen MR) is 266 cm³/mol. The Bertz CT molecular complexity index is 3050. The fourth-order valence-electron chi connectivity index (χ4n) is 9.68. The average Bonchev–Trinajstić information content (AvgIpc) is 3.99. The van der Waals surface area contributed by atoms with E-state index in [-0.39, 0.29) is 39.2 Å². The van der Waals surface area contributed by atoms with Gasteiger partial charge < -0.3 is 40.3 Å². The molecule has 2 aromatic heterocycles. The molecule has 5 atom stereocenters. The van der Waals surface area contributed by atoms with E-state index in [9.17, 15) is 50.4 Å². The van der Waals surface area contributed by atoms with E-state index in [0.29, 0.717) is 63.7 Å². The van der Waals surface area contributed by atoms with Crippen LogP contribution in [0.1, 0.15) is 103 Å². The van der Waals surface area contributed by atoms with E-state index in [1.54, 1.807) is 12.1 Å². The quantitative estimate of drug-likeness (QED) is 0.0233. The smallest absolute Gasteiger partial charge is 0.403 e. The van der Waals surface area contributed by atoms with Gasteiger partial charge in [0.1, 0.15) is 46.8 Å². The highest BCUT2D eigenvalue weighted by Crippen LogP contribution is 2.49. The van der Waals surface area contributed by atoms with Crippen LogP contribution < -0.4 is 21.0 Å². The summed E-state index contributed by atoms with van der Waals surface area (Å²) < 4.78 is 97.1. The Hall–Kier alpha value is -4.98. The van der Waals surface area contributed by atoms with Gasteiger partial charge in [-0.25, -0.2) is 33.0 Å². The molecular formula is C47H64N9O13PS2. The first-order valence-corrected chi connectivity index (χ1v) is 28.3. The minimum atomic E-state index is -4.71. The summed E-state index contributed by atoms with van der Waals surface area (Å²) in [4.78, 5) is 36.8. The van der Waals surface area contributed by atoms with Gasteiger partial charge in [-0.05, 0) is 88.4 Å². The Balaban J connectivity index is 0.846. The van der Waals surface area contributed by atoms with E-state index in [4.69, 9.17) is 15.0 Å². The number of benzene rings is 2. The number of aliphatic hydroxyl groups is 2. The number of aliphatic hydroxyl groups excluding tert-OH is 2. The number of aromatic nitrogens is 4. The minimum Gasteiger partial charge on any atom is -0.744 e. The molecule has 1 unspecified atom stereocenters. The molecule has 3 aliphatic heterocycles. The van der Waals surface area contributed by atoms with Crippen LogP contribution in [0.15, 0.2) is 82.8 Å². The van der Waals surface area contributed by atoms with Crippen LogP contribution in [0.5, 0.6) is 0 Å². The molecule has 72 heavy (non-hydrogen) atoms. The van der Waals surface area contributed by atoms with Crippen LogP contribution in [0, 0.1) is 0 Å². The van der Waals surface area contributed by atoms with E-state index in [2.05, 4.69) is 34.8 Å². The number of anilines is 2. The van der Waals surface area contributed by atoms with Gasteiger partial charge in [0.05, 0.1) is 28.1 Å². The lowest BCUT2D eigenvalue weighted by Crippen LogP contribution is -2.34. The zero-order valence-corrected chi connectivity index (χ0v) is 43.4. The molecule has 0 bridgehead atoms. The average molecular weight is 1060 g/mol. The molecule has 0 radical (unpaired) electrons. The number of amides is 1. The number of allylic oxidation sites excluding steroid dienone is 4. The molecule has 5 heterocycles. The number of nitrogens with zero attached hydrogens (tertiary/aromatic N) is 6. The number of rotatable bonds is 23. The van der Waals surface area contributed by atoms with Crippen molar-refractivity contribution in [1.29, 1.82) is 0 Å². The Morgan fingerprint density at radius 2 is 1.64 bits per heavy atom. The fourth-order valence-corrected chi connectivity index (χ4v) is 11.6. The zero-order chi connectivity index (χ0) is 52.4. The van der Waals surface area contributed by atoms with E-state index < -0.39 is 70.0 Å². The van der Waals surface area contributed by atoms with E-state index in [0.717, 1.165) is 41.2 Å². The summed E-state index contributed by atoms with van der Waals surface area (Å²) in [5.74, 6) is 0.0574. The Labute approximate surface area is 419 Å². The highest BCUT2D eigenvalue weighted by Gasteiger charge is 2.47. The number of nitrogens with two attached hydrogens (primary N) is 1. The monoisotopic (exact) mass is 1060 g/mol. The van der Waals surface area contributed by atoms with Gasteiger partial charge in [0.2, 0.25) is 11.6 Å². The maximum absolute atomic E-state index is 12.7. The van der Waals surface area contributed by atoms with Crippen LogP contribution >= 0.6 is 7.75 Å². The summed E-state index contributed by atoms with van der Waals surface area (Å²) in [6.07, 6.45) is 8.52. The van der Waals surface area contributed by atoms with Gasteiger partial charge >= 0.3 is 7.75 Å². The van der Waals surface area contributed by atoms with Gasteiger partial charge in [-0.15, -0.1) is 0 Å². The van der Waals surface area contributed by atoms with Crippen LogP contribution in [-0.4, -0.2) is 128 Å². The molecule has 3 aliphatic rings. The Morgan fingerprint density at radius 3 is 2.35 bits per heavy atom. The summed E-state index contributed by atoms with van der Waals surface area (Å²) in [5.41, 5.74) is 9.96. The molecule has 1 saturated heterocycles. The van der Waals surface area contributed by atoms with Crippen molar-refractivity contribution in [2.75, 3.05) is 43.4 Å². The lowest BCUT2D eigenvalue weighted by molar-refractivity contribution is -0.438. The third-order valence-corrected chi connectivity index (χ3v) is 16.4. The van der Waals surface area contributed by atoms with Gasteiger partial charge in [0.15, 0.2) is 23.4 Å². The van der Waals surface area contributed by atoms with Crippen LogP contribution in [0.2, 0.25) is 0 Å². The summed E-state index contributed by atoms with van der Waals surface area (Å²) in [6, 6.07) is 9.03. The van der Waals surface area contributed by atoms with Crippen molar-refractivity contribution >= 4 is 68.0 Å². The molecule has 4 aromatic rings. The zero-order valence-electron chi connectivity index (χ0n) is 40.8. The van der Waals surface area contributed by atoms with Gasteiger partial charge in [0, 0.05) is 67.0 Å². The second-order valence-corrected chi connectivity index (χ2v) is 23.6. The molecule has 0 saturated carbocycles. The number of carbonyl (C=O) groups excluding carboxylic acids is 1.